The zero-order valence-corrected chi connectivity index (χ0v) is 21.7. The molecule has 3 aromatic carbocycles. The van der Waals surface area contributed by atoms with Gasteiger partial charge in [-0.25, -0.2) is 0 Å². The van der Waals surface area contributed by atoms with Crippen molar-refractivity contribution < 1.29 is 22.7 Å². The minimum absolute atomic E-state index is 0.227. The molecule has 0 radical (unpaired) electrons. The van der Waals surface area contributed by atoms with E-state index in [-0.39, 0.29) is 10.3 Å². The third kappa shape index (κ3) is 5.20. The molecule has 0 fully saturated rings. The number of hydrogen-bond acceptors (Lipinski definition) is 2. The normalized spacial score (nSPS) is 12.5. The maximum atomic E-state index is 13.2. The molecule has 0 spiro atoms. The highest BCUT2D eigenvalue weighted by molar-refractivity contribution is 6.33. The molecule has 0 bridgehead atoms. The van der Waals surface area contributed by atoms with Gasteiger partial charge in [-0.2, -0.15) is 17.9 Å². The van der Waals surface area contributed by atoms with E-state index < -0.39 is 23.8 Å². The molecule has 5 rings (SSSR count). The number of carbonyl (C=O) groups excluding carboxylic acids is 1. The third-order valence-electron chi connectivity index (χ3n) is 6.62. The Morgan fingerprint density at radius 3 is 2.38 bits per heavy atom. The van der Waals surface area contributed by atoms with Crippen LogP contribution >= 0.6 is 11.6 Å². The SMILES string of the molecule is Cc1ccc(-n2cc(-c3ccccc3Cl)c3ccc(C(=O)N[C@H](C)c4ccc(C(F)(F)F)[n+]([O-])c4)cc32)cc1. The van der Waals surface area contributed by atoms with Gasteiger partial charge in [-0.05, 0) is 50.2 Å². The summed E-state index contributed by atoms with van der Waals surface area (Å²) in [5.41, 5.74) is 3.83. The van der Waals surface area contributed by atoms with E-state index in [1.807, 2.05) is 72.3 Å². The molecule has 5 aromatic rings. The lowest BCUT2D eigenvalue weighted by molar-refractivity contribution is -0.629. The molecule has 198 valence electrons. The van der Waals surface area contributed by atoms with Crippen LogP contribution in [0.3, 0.4) is 0 Å². The lowest BCUT2D eigenvalue weighted by atomic mass is 10.0. The van der Waals surface area contributed by atoms with Crippen LogP contribution in [-0.2, 0) is 6.18 Å². The van der Waals surface area contributed by atoms with E-state index in [2.05, 4.69) is 5.32 Å². The number of aromatic nitrogens is 2. The number of fused-ring (bicyclic) bond motifs is 1. The fourth-order valence-corrected chi connectivity index (χ4v) is 4.75. The van der Waals surface area contributed by atoms with Gasteiger partial charge in [-0.1, -0.05) is 53.6 Å². The molecule has 2 heterocycles. The molecule has 5 nitrogen and oxygen atoms in total. The van der Waals surface area contributed by atoms with Crippen LogP contribution in [0.4, 0.5) is 13.2 Å². The van der Waals surface area contributed by atoms with Gasteiger partial charge in [0.05, 0.1) is 11.6 Å². The van der Waals surface area contributed by atoms with Gasteiger partial charge >= 0.3 is 6.18 Å². The van der Waals surface area contributed by atoms with Gasteiger partial charge in [0.1, 0.15) is 0 Å². The molecule has 1 amide bonds. The van der Waals surface area contributed by atoms with Crippen LogP contribution in [0.2, 0.25) is 5.02 Å². The van der Waals surface area contributed by atoms with Gasteiger partial charge in [0.25, 0.3) is 11.6 Å². The van der Waals surface area contributed by atoms with Gasteiger partial charge in [-0.3, -0.25) is 4.79 Å². The number of pyridine rings is 1. The molecule has 1 N–H and O–H groups in total. The monoisotopic (exact) mass is 549 g/mol. The first-order chi connectivity index (χ1) is 18.5. The van der Waals surface area contributed by atoms with Crippen molar-refractivity contribution in [3.63, 3.8) is 0 Å². The summed E-state index contributed by atoms with van der Waals surface area (Å²) in [6.07, 6.45) is -1.96. The summed E-state index contributed by atoms with van der Waals surface area (Å²) in [7, 11) is 0. The lowest BCUT2D eigenvalue weighted by Gasteiger charge is -2.15. The van der Waals surface area contributed by atoms with Crippen molar-refractivity contribution in [2.24, 2.45) is 0 Å². The van der Waals surface area contributed by atoms with Gasteiger partial charge in [-0.15, -0.1) is 0 Å². The smallest absolute Gasteiger partial charge is 0.478 e. The van der Waals surface area contributed by atoms with Crippen molar-refractivity contribution in [3.8, 4) is 16.8 Å². The predicted octanol–water partition coefficient (Wildman–Crippen LogP) is 7.40. The molecular formula is C30H23ClF3N3O2. The lowest BCUT2D eigenvalue weighted by Crippen LogP contribution is -2.38. The van der Waals surface area contributed by atoms with Crippen LogP contribution in [-0.4, -0.2) is 10.5 Å². The van der Waals surface area contributed by atoms with Crippen LogP contribution in [0.1, 0.15) is 40.1 Å². The highest BCUT2D eigenvalue weighted by Gasteiger charge is 2.39. The van der Waals surface area contributed by atoms with E-state index in [1.165, 1.54) is 6.07 Å². The molecule has 1 atom stereocenters. The number of carbonyl (C=O) groups is 1. The minimum atomic E-state index is -4.77. The third-order valence-corrected chi connectivity index (χ3v) is 6.95. The van der Waals surface area contributed by atoms with Crippen molar-refractivity contribution in [3.05, 3.63) is 124 Å². The topological polar surface area (TPSA) is 61.0 Å². The van der Waals surface area contributed by atoms with Crippen molar-refractivity contribution in [1.82, 2.24) is 9.88 Å². The van der Waals surface area contributed by atoms with E-state index in [9.17, 15) is 23.2 Å². The second kappa shape index (κ2) is 10.1. The van der Waals surface area contributed by atoms with Gasteiger partial charge in [0.2, 0.25) is 0 Å². The number of amides is 1. The molecule has 0 aliphatic carbocycles. The molecule has 0 aliphatic rings. The van der Waals surface area contributed by atoms with E-state index in [0.717, 1.165) is 39.5 Å². The largest absolute Gasteiger partial charge is 0.618 e. The van der Waals surface area contributed by atoms with Crippen molar-refractivity contribution in [2.75, 3.05) is 0 Å². The number of benzene rings is 3. The zero-order chi connectivity index (χ0) is 27.9. The Labute approximate surface area is 227 Å². The number of aryl methyl sites for hydroxylation is 1. The summed E-state index contributed by atoms with van der Waals surface area (Å²) in [4.78, 5) is 13.2. The van der Waals surface area contributed by atoms with Crippen molar-refractivity contribution in [2.45, 2.75) is 26.1 Å². The second-order valence-electron chi connectivity index (χ2n) is 9.33. The van der Waals surface area contributed by atoms with E-state index in [0.29, 0.717) is 16.7 Å². The highest BCUT2D eigenvalue weighted by atomic mass is 35.5. The van der Waals surface area contributed by atoms with Crippen LogP contribution in [0.25, 0.3) is 27.7 Å². The molecule has 0 saturated carbocycles. The average Bonchev–Trinajstić information content (AvgIpc) is 3.27. The van der Waals surface area contributed by atoms with E-state index >= 15 is 0 Å². The summed E-state index contributed by atoms with van der Waals surface area (Å²) in [5.74, 6) is -0.433. The first kappa shape index (κ1) is 26.3. The molecule has 39 heavy (non-hydrogen) atoms. The molecule has 0 aliphatic heterocycles. The summed E-state index contributed by atoms with van der Waals surface area (Å²) >= 11 is 6.52. The summed E-state index contributed by atoms with van der Waals surface area (Å²) < 4.78 is 40.6. The average molecular weight is 550 g/mol. The van der Waals surface area contributed by atoms with Crippen LogP contribution in [0.5, 0.6) is 0 Å². The van der Waals surface area contributed by atoms with Crippen LogP contribution in [0, 0.1) is 12.1 Å². The van der Waals surface area contributed by atoms with Crippen LogP contribution < -0.4 is 10.0 Å². The number of nitrogens with zero attached hydrogens (tertiary/aromatic N) is 2. The Morgan fingerprint density at radius 2 is 1.72 bits per heavy atom. The Hall–Kier alpha value is -4.30. The number of alkyl halides is 3. The molecule has 2 aromatic heterocycles. The maximum Gasteiger partial charge on any atom is 0.478 e. The molecular weight excluding hydrogens is 527 g/mol. The fraction of sp³-hybridized carbons (Fsp3) is 0.133. The Kier molecular flexibility index (Phi) is 6.82. The summed E-state index contributed by atoms with van der Waals surface area (Å²) in [5, 5.41) is 16.2. The minimum Gasteiger partial charge on any atom is -0.618 e. The maximum absolute atomic E-state index is 13.2. The zero-order valence-electron chi connectivity index (χ0n) is 21.0. The van der Waals surface area contributed by atoms with Gasteiger partial charge in [0, 0.05) is 50.6 Å². The van der Waals surface area contributed by atoms with Crippen molar-refractivity contribution in [1.29, 1.82) is 0 Å². The van der Waals surface area contributed by atoms with Crippen LogP contribution in [0.15, 0.2) is 91.3 Å². The van der Waals surface area contributed by atoms with Crippen molar-refractivity contribution >= 4 is 28.4 Å². The summed E-state index contributed by atoms with van der Waals surface area (Å²) in [6, 6.07) is 22.0. The van der Waals surface area contributed by atoms with Gasteiger partial charge in [0.15, 0.2) is 6.20 Å². The fourth-order valence-electron chi connectivity index (χ4n) is 4.52. The quantitative estimate of drug-likeness (QED) is 0.183. The first-order valence-electron chi connectivity index (χ1n) is 12.1. The Balaban J connectivity index is 1.52. The van der Waals surface area contributed by atoms with E-state index in [4.69, 9.17) is 11.6 Å². The van der Waals surface area contributed by atoms with Gasteiger partial charge < -0.3 is 15.1 Å². The Morgan fingerprint density at radius 1 is 1.00 bits per heavy atom. The molecule has 0 unspecified atom stereocenters. The number of hydrogen-bond donors (Lipinski definition) is 1. The standard InChI is InChI=1S/C30H23ClF3N3O2/c1-18-7-11-22(12-8-18)36-17-25(23-5-3-4-6-26(23)31)24-13-9-20(15-27(24)36)29(38)35-19(2)21-10-14-28(30(32,33)34)37(39)16-21/h3-17,19H,1-2H3,(H,35,38)/t19-/m1/s1. The first-order valence-corrected chi connectivity index (χ1v) is 12.5. The molecule has 9 heteroatoms. The predicted molar refractivity (Wildman–Crippen MR) is 145 cm³/mol. The second-order valence-corrected chi connectivity index (χ2v) is 9.73. The number of nitrogens with one attached hydrogen (secondary N) is 1. The Bertz CT molecular complexity index is 1690. The molecule has 0 saturated heterocycles. The van der Waals surface area contributed by atoms with E-state index in [1.54, 1.807) is 19.1 Å². The number of halogens is 4. The number of rotatable bonds is 5. The summed E-state index contributed by atoms with van der Waals surface area (Å²) in [6.45, 7) is 3.60. The highest BCUT2D eigenvalue weighted by Crippen LogP contribution is 2.37.